The average molecular weight is 282 g/mol. The van der Waals surface area contributed by atoms with Gasteiger partial charge in [0.15, 0.2) is 11.6 Å². The molecule has 0 saturated carbocycles. The largest absolute Gasteiger partial charge is 0.377 e. The maximum atomic E-state index is 13.8. The van der Waals surface area contributed by atoms with Gasteiger partial charge in [-0.05, 0) is 25.0 Å². The van der Waals surface area contributed by atoms with E-state index in [1.54, 1.807) is 12.1 Å². The quantitative estimate of drug-likeness (QED) is 0.846. The lowest BCUT2D eigenvalue weighted by atomic mass is 10.2. The van der Waals surface area contributed by atoms with Gasteiger partial charge in [-0.15, -0.1) is 0 Å². The third-order valence-corrected chi connectivity index (χ3v) is 4.13. The Balaban J connectivity index is 1.56. The summed E-state index contributed by atoms with van der Waals surface area (Å²) in [6.45, 7) is 5.03. The molecule has 3 nitrogen and oxygen atoms in total. The highest BCUT2D eigenvalue weighted by molar-refractivity contribution is 5.48. The van der Waals surface area contributed by atoms with Gasteiger partial charge in [0, 0.05) is 39.3 Å². The maximum absolute atomic E-state index is 13.8. The van der Waals surface area contributed by atoms with Crippen molar-refractivity contribution in [1.29, 1.82) is 0 Å². The van der Waals surface area contributed by atoms with Crippen LogP contribution < -0.4 is 4.90 Å². The summed E-state index contributed by atoms with van der Waals surface area (Å²) in [6.07, 6.45) is 2.64. The molecule has 1 aromatic carbocycles. The molecule has 20 heavy (non-hydrogen) atoms. The third-order valence-electron chi connectivity index (χ3n) is 4.13. The van der Waals surface area contributed by atoms with E-state index in [-0.39, 0.29) is 0 Å². The van der Waals surface area contributed by atoms with E-state index in [4.69, 9.17) is 4.74 Å². The summed E-state index contributed by atoms with van der Waals surface area (Å²) in [7, 11) is 0. The zero-order valence-electron chi connectivity index (χ0n) is 11.5. The van der Waals surface area contributed by atoms with Crippen LogP contribution in [-0.2, 0) is 4.74 Å². The highest BCUT2D eigenvalue weighted by atomic mass is 19.2. The second kappa shape index (κ2) is 6.06. The summed E-state index contributed by atoms with van der Waals surface area (Å²) in [6, 6.07) is 4.37. The van der Waals surface area contributed by atoms with Gasteiger partial charge < -0.3 is 9.64 Å². The molecule has 0 radical (unpaired) electrons. The number of hydrogen-bond donors (Lipinski definition) is 0. The van der Waals surface area contributed by atoms with Gasteiger partial charge in [-0.3, -0.25) is 4.90 Å². The molecule has 0 spiro atoms. The van der Waals surface area contributed by atoms with E-state index in [0.29, 0.717) is 11.8 Å². The van der Waals surface area contributed by atoms with Crippen molar-refractivity contribution < 1.29 is 13.5 Å². The van der Waals surface area contributed by atoms with Crippen molar-refractivity contribution in [3.8, 4) is 0 Å². The molecule has 2 aliphatic rings. The fourth-order valence-electron chi connectivity index (χ4n) is 2.98. The average Bonchev–Trinajstić information content (AvgIpc) is 2.96. The SMILES string of the molecule is Fc1cccc(N2CCN(C[C@@H]3CCCO3)CC2)c1F. The minimum atomic E-state index is -0.774. The van der Waals surface area contributed by atoms with Gasteiger partial charge in [-0.25, -0.2) is 8.78 Å². The Morgan fingerprint density at radius 1 is 1.15 bits per heavy atom. The zero-order valence-corrected chi connectivity index (χ0v) is 11.5. The van der Waals surface area contributed by atoms with Crippen LogP contribution in [-0.4, -0.2) is 50.3 Å². The molecule has 0 unspecified atom stereocenters. The van der Waals surface area contributed by atoms with E-state index in [1.807, 2.05) is 4.90 Å². The van der Waals surface area contributed by atoms with E-state index in [9.17, 15) is 8.78 Å². The second-order valence-corrected chi connectivity index (χ2v) is 5.50. The Morgan fingerprint density at radius 2 is 1.95 bits per heavy atom. The van der Waals surface area contributed by atoms with Crippen LogP contribution >= 0.6 is 0 Å². The maximum Gasteiger partial charge on any atom is 0.182 e. The number of anilines is 1. The number of halogens is 2. The van der Waals surface area contributed by atoms with Crippen molar-refractivity contribution in [2.24, 2.45) is 0 Å². The number of piperazine rings is 1. The standard InChI is InChI=1S/C15H20F2N2O/c16-13-4-1-5-14(15(13)17)19-8-6-18(7-9-19)11-12-3-2-10-20-12/h1,4-5,12H,2-3,6-11H2/t12-/m0/s1. The molecule has 1 aromatic rings. The number of rotatable bonds is 3. The van der Waals surface area contributed by atoms with E-state index < -0.39 is 11.6 Å². The predicted molar refractivity (Wildman–Crippen MR) is 74.0 cm³/mol. The molecule has 2 heterocycles. The number of hydrogen-bond acceptors (Lipinski definition) is 3. The Hall–Kier alpha value is -1.20. The third kappa shape index (κ3) is 2.94. The summed E-state index contributed by atoms with van der Waals surface area (Å²) in [5, 5.41) is 0. The molecule has 2 saturated heterocycles. The molecular weight excluding hydrogens is 262 g/mol. The van der Waals surface area contributed by atoms with Crippen molar-refractivity contribution in [2.75, 3.05) is 44.2 Å². The highest BCUT2D eigenvalue weighted by Crippen LogP contribution is 2.23. The van der Waals surface area contributed by atoms with Crippen molar-refractivity contribution >= 4 is 5.69 Å². The summed E-state index contributed by atoms with van der Waals surface area (Å²) in [5.41, 5.74) is 0.377. The van der Waals surface area contributed by atoms with Gasteiger partial charge in [-0.2, -0.15) is 0 Å². The molecular formula is C15H20F2N2O. The topological polar surface area (TPSA) is 15.7 Å². The molecule has 0 bridgehead atoms. The minimum Gasteiger partial charge on any atom is -0.377 e. The minimum absolute atomic E-state index is 0.354. The summed E-state index contributed by atoms with van der Waals surface area (Å²) >= 11 is 0. The van der Waals surface area contributed by atoms with Gasteiger partial charge in [0.1, 0.15) is 0 Å². The first-order chi connectivity index (χ1) is 9.74. The van der Waals surface area contributed by atoms with Crippen molar-refractivity contribution in [1.82, 2.24) is 4.90 Å². The number of benzene rings is 1. The molecule has 110 valence electrons. The van der Waals surface area contributed by atoms with Gasteiger partial charge in [0.05, 0.1) is 11.8 Å². The van der Waals surface area contributed by atoms with Crippen molar-refractivity contribution in [2.45, 2.75) is 18.9 Å². The normalized spacial score (nSPS) is 24.3. The number of ether oxygens (including phenoxy) is 1. The highest BCUT2D eigenvalue weighted by Gasteiger charge is 2.24. The van der Waals surface area contributed by atoms with Gasteiger partial charge in [-0.1, -0.05) is 6.07 Å². The van der Waals surface area contributed by atoms with Crippen LogP contribution in [0.2, 0.25) is 0 Å². The summed E-state index contributed by atoms with van der Waals surface area (Å²) < 4.78 is 32.7. The Kier molecular flexibility index (Phi) is 4.17. The molecule has 0 N–H and O–H groups in total. The number of nitrogens with zero attached hydrogens (tertiary/aromatic N) is 2. The van der Waals surface area contributed by atoms with Gasteiger partial charge in [0.2, 0.25) is 0 Å². The summed E-state index contributed by atoms with van der Waals surface area (Å²) in [5.74, 6) is -1.51. The molecule has 0 aliphatic carbocycles. The fourth-order valence-corrected chi connectivity index (χ4v) is 2.98. The Labute approximate surface area is 118 Å². The lowest BCUT2D eigenvalue weighted by Gasteiger charge is -2.37. The van der Waals surface area contributed by atoms with Crippen LogP contribution in [0.1, 0.15) is 12.8 Å². The lowest BCUT2D eigenvalue weighted by Crippen LogP contribution is -2.48. The van der Waals surface area contributed by atoms with Gasteiger partial charge in [0.25, 0.3) is 0 Å². The van der Waals surface area contributed by atoms with Crippen molar-refractivity contribution in [3.63, 3.8) is 0 Å². The zero-order chi connectivity index (χ0) is 13.9. The molecule has 0 amide bonds. The first-order valence-corrected chi connectivity index (χ1v) is 7.27. The van der Waals surface area contributed by atoms with E-state index in [2.05, 4.69) is 4.90 Å². The van der Waals surface area contributed by atoms with Crippen LogP contribution in [0.25, 0.3) is 0 Å². The smallest absolute Gasteiger partial charge is 0.182 e. The molecule has 3 rings (SSSR count). The fraction of sp³-hybridized carbons (Fsp3) is 0.600. The Morgan fingerprint density at radius 3 is 2.65 bits per heavy atom. The molecule has 2 fully saturated rings. The molecule has 0 aromatic heterocycles. The van der Waals surface area contributed by atoms with Crippen LogP contribution in [0.5, 0.6) is 0 Å². The van der Waals surface area contributed by atoms with Gasteiger partial charge >= 0.3 is 0 Å². The lowest BCUT2D eigenvalue weighted by molar-refractivity contribution is 0.0712. The van der Waals surface area contributed by atoms with Crippen LogP contribution in [0.3, 0.4) is 0 Å². The summed E-state index contributed by atoms with van der Waals surface area (Å²) in [4.78, 5) is 4.27. The van der Waals surface area contributed by atoms with E-state index in [1.165, 1.54) is 0 Å². The molecule has 5 heteroatoms. The Bertz CT molecular complexity index is 455. The van der Waals surface area contributed by atoms with E-state index in [0.717, 1.165) is 58.2 Å². The first-order valence-electron chi connectivity index (χ1n) is 7.27. The van der Waals surface area contributed by atoms with Crippen LogP contribution in [0, 0.1) is 11.6 Å². The van der Waals surface area contributed by atoms with Crippen LogP contribution in [0.4, 0.5) is 14.5 Å². The first kappa shape index (κ1) is 13.8. The molecule has 2 aliphatic heterocycles. The monoisotopic (exact) mass is 282 g/mol. The predicted octanol–water partition coefficient (Wildman–Crippen LogP) is 2.27. The van der Waals surface area contributed by atoms with E-state index >= 15 is 0 Å². The van der Waals surface area contributed by atoms with Crippen LogP contribution in [0.15, 0.2) is 18.2 Å². The second-order valence-electron chi connectivity index (χ2n) is 5.50. The van der Waals surface area contributed by atoms with Crippen molar-refractivity contribution in [3.05, 3.63) is 29.8 Å². The molecule has 1 atom stereocenters.